The average molecular weight is 325 g/mol. The summed E-state index contributed by atoms with van der Waals surface area (Å²) in [7, 11) is 0. The molecule has 1 heterocycles. The van der Waals surface area contributed by atoms with E-state index in [1.165, 1.54) is 18.2 Å². The fourth-order valence-corrected chi connectivity index (χ4v) is 1.94. The third-order valence-corrected chi connectivity index (χ3v) is 3.09. The van der Waals surface area contributed by atoms with Crippen molar-refractivity contribution in [2.45, 2.75) is 0 Å². The summed E-state index contributed by atoms with van der Waals surface area (Å²) >= 11 is 11.5. The Morgan fingerprint density at radius 2 is 1.71 bits per heavy atom. The molecule has 1 aromatic heterocycles. The van der Waals surface area contributed by atoms with Gasteiger partial charge in [-0.05, 0) is 52.9 Å². The van der Waals surface area contributed by atoms with Gasteiger partial charge in [0.2, 0.25) is 0 Å². The summed E-state index contributed by atoms with van der Waals surface area (Å²) < 4.78 is 20.6. The largest absolute Gasteiger partial charge is 0.423 e. The zero-order valence-electron chi connectivity index (χ0n) is 10.4. The molecule has 8 heteroatoms. The second-order valence-electron chi connectivity index (χ2n) is 4.02. The highest BCUT2D eigenvalue weighted by Gasteiger charge is 2.14. The fraction of sp³-hybridized carbons (Fsp3) is 0. The predicted octanol–water partition coefficient (Wildman–Crippen LogP) is 3.90. The van der Waals surface area contributed by atoms with Crippen LogP contribution in [0.3, 0.4) is 0 Å². The van der Waals surface area contributed by atoms with Gasteiger partial charge in [-0.15, -0.1) is 0 Å². The van der Waals surface area contributed by atoms with Crippen LogP contribution in [0.2, 0.25) is 10.0 Å². The van der Waals surface area contributed by atoms with Gasteiger partial charge in [0.05, 0.1) is 0 Å². The van der Waals surface area contributed by atoms with Crippen molar-refractivity contribution in [3.05, 3.63) is 58.3 Å². The second-order valence-corrected chi connectivity index (χ2v) is 4.90. The van der Waals surface area contributed by atoms with E-state index in [0.29, 0.717) is 10.8 Å². The minimum atomic E-state index is -0.559. The Hall–Kier alpha value is -2.18. The topological polar surface area (TPSA) is 52.8 Å². The molecule has 0 aliphatic heterocycles. The number of hydrogen-bond donors (Lipinski definition) is 0. The van der Waals surface area contributed by atoms with E-state index >= 15 is 0 Å². The number of rotatable bonds is 3. The van der Waals surface area contributed by atoms with Gasteiger partial charge < -0.3 is 4.74 Å². The highest BCUT2D eigenvalue weighted by molar-refractivity contribution is 6.30. The number of nitrogens with zero attached hydrogens (tertiary/aromatic N) is 4. The molecule has 0 saturated heterocycles. The molecule has 2 aromatic carbocycles. The first-order valence-corrected chi connectivity index (χ1v) is 6.56. The van der Waals surface area contributed by atoms with Gasteiger partial charge in [-0.25, -0.2) is 4.39 Å². The Kier molecular flexibility index (Phi) is 3.72. The molecule has 0 aliphatic carbocycles. The van der Waals surface area contributed by atoms with Crippen molar-refractivity contribution in [2.75, 3.05) is 0 Å². The van der Waals surface area contributed by atoms with E-state index in [2.05, 4.69) is 15.5 Å². The zero-order valence-corrected chi connectivity index (χ0v) is 11.9. The number of ether oxygens (including phenoxy) is 1. The summed E-state index contributed by atoms with van der Waals surface area (Å²) in [6, 6.07) is 10.8. The zero-order chi connectivity index (χ0) is 14.8. The third-order valence-electron chi connectivity index (χ3n) is 2.60. The minimum Gasteiger partial charge on any atom is -0.423 e. The predicted molar refractivity (Wildman–Crippen MR) is 75.6 cm³/mol. The highest BCUT2D eigenvalue weighted by atomic mass is 35.5. The maximum atomic E-state index is 13.9. The van der Waals surface area contributed by atoms with Crippen molar-refractivity contribution in [3.63, 3.8) is 0 Å². The Balaban J connectivity index is 1.95. The molecule has 0 bridgehead atoms. The molecule has 0 fully saturated rings. The average Bonchev–Trinajstić information content (AvgIpc) is 2.89. The normalized spacial score (nSPS) is 10.6. The maximum Gasteiger partial charge on any atom is 0.346 e. The van der Waals surface area contributed by atoms with Crippen LogP contribution in [-0.4, -0.2) is 20.2 Å². The molecule has 5 nitrogen and oxygen atoms in total. The van der Waals surface area contributed by atoms with Gasteiger partial charge in [0.1, 0.15) is 11.4 Å². The Morgan fingerprint density at radius 1 is 1.00 bits per heavy atom. The molecular weight excluding hydrogens is 318 g/mol. The van der Waals surface area contributed by atoms with Crippen molar-refractivity contribution < 1.29 is 9.13 Å². The lowest BCUT2D eigenvalue weighted by molar-refractivity contribution is 0.424. The smallest absolute Gasteiger partial charge is 0.346 e. The molecule has 0 aliphatic rings. The Morgan fingerprint density at radius 3 is 2.43 bits per heavy atom. The molecule has 0 N–H and O–H groups in total. The van der Waals surface area contributed by atoms with Gasteiger partial charge in [-0.3, -0.25) is 0 Å². The summed E-state index contributed by atoms with van der Waals surface area (Å²) in [6.45, 7) is 0. The van der Waals surface area contributed by atoms with Gasteiger partial charge in [0, 0.05) is 10.0 Å². The first kappa shape index (κ1) is 13.8. The Bertz CT molecular complexity index is 776. The van der Waals surface area contributed by atoms with E-state index < -0.39 is 5.82 Å². The van der Waals surface area contributed by atoms with Gasteiger partial charge >= 0.3 is 6.01 Å². The van der Waals surface area contributed by atoms with Crippen LogP contribution in [0.5, 0.6) is 11.8 Å². The number of benzene rings is 2. The minimum absolute atomic E-state index is 0.0264. The lowest BCUT2D eigenvalue weighted by Crippen LogP contribution is -2.02. The lowest BCUT2D eigenvalue weighted by Gasteiger charge is -2.07. The summed E-state index contributed by atoms with van der Waals surface area (Å²) in [4.78, 5) is 0. The summed E-state index contributed by atoms with van der Waals surface area (Å²) in [6.07, 6.45) is 0. The molecule has 0 spiro atoms. The quantitative estimate of drug-likeness (QED) is 0.733. The van der Waals surface area contributed by atoms with Crippen molar-refractivity contribution in [1.29, 1.82) is 0 Å². The summed E-state index contributed by atoms with van der Waals surface area (Å²) in [5.41, 5.74) is 0.133. The standard InChI is InChI=1S/C13H7Cl2FN4O/c14-8-1-4-10(5-2-8)21-13-17-18-19-20(13)12-6-3-9(15)7-11(12)16/h1-7H. The van der Waals surface area contributed by atoms with E-state index in [9.17, 15) is 4.39 Å². The van der Waals surface area contributed by atoms with Crippen LogP contribution in [0, 0.1) is 5.82 Å². The van der Waals surface area contributed by atoms with Crippen LogP contribution in [0.25, 0.3) is 5.69 Å². The first-order chi connectivity index (χ1) is 10.1. The summed E-state index contributed by atoms with van der Waals surface area (Å²) in [5, 5.41) is 11.8. The fourth-order valence-electron chi connectivity index (χ4n) is 1.65. The molecular formula is C13H7Cl2FN4O. The molecule has 0 saturated carbocycles. The monoisotopic (exact) mass is 324 g/mol. The second kappa shape index (κ2) is 5.67. The van der Waals surface area contributed by atoms with Gasteiger partial charge in [-0.2, -0.15) is 4.68 Å². The molecule has 106 valence electrons. The molecule has 0 radical (unpaired) electrons. The lowest BCUT2D eigenvalue weighted by atomic mass is 10.3. The van der Waals surface area contributed by atoms with Gasteiger partial charge in [0.25, 0.3) is 0 Å². The molecule has 0 amide bonds. The Labute approximate surface area is 128 Å². The van der Waals surface area contributed by atoms with Crippen molar-refractivity contribution in [3.8, 4) is 17.4 Å². The van der Waals surface area contributed by atoms with E-state index in [4.69, 9.17) is 27.9 Å². The SMILES string of the molecule is Fc1cc(Cl)ccc1-n1nnnc1Oc1ccc(Cl)cc1. The number of hydrogen-bond acceptors (Lipinski definition) is 4. The van der Waals surface area contributed by atoms with Crippen LogP contribution in [0.1, 0.15) is 0 Å². The van der Waals surface area contributed by atoms with E-state index in [1.807, 2.05) is 0 Å². The van der Waals surface area contributed by atoms with E-state index in [-0.39, 0.29) is 16.7 Å². The maximum absolute atomic E-state index is 13.9. The number of halogens is 3. The van der Waals surface area contributed by atoms with Crippen LogP contribution >= 0.6 is 23.2 Å². The first-order valence-electron chi connectivity index (χ1n) is 5.81. The van der Waals surface area contributed by atoms with E-state index in [0.717, 1.165) is 4.68 Å². The number of aromatic nitrogens is 4. The number of tetrazole rings is 1. The molecule has 3 aromatic rings. The van der Waals surface area contributed by atoms with Crippen molar-refractivity contribution in [2.24, 2.45) is 0 Å². The van der Waals surface area contributed by atoms with Crippen LogP contribution in [0.4, 0.5) is 4.39 Å². The summed E-state index contributed by atoms with van der Waals surface area (Å²) in [5.74, 6) is -0.0828. The van der Waals surface area contributed by atoms with Gasteiger partial charge in [-0.1, -0.05) is 28.3 Å². The van der Waals surface area contributed by atoms with Crippen LogP contribution in [0.15, 0.2) is 42.5 Å². The van der Waals surface area contributed by atoms with E-state index in [1.54, 1.807) is 24.3 Å². The molecule has 21 heavy (non-hydrogen) atoms. The van der Waals surface area contributed by atoms with Gasteiger partial charge in [0.15, 0.2) is 5.82 Å². The van der Waals surface area contributed by atoms with Crippen molar-refractivity contribution in [1.82, 2.24) is 20.2 Å². The van der Waals surface area contributed by atoms with Crippen LogP contribution in [-0.2, 0) is 0 Å². The third kappa shape index (κ3) is 2.96. The highest BCUT2D eigenvalue weighted by Crippen LogP contribution is 2.24. The molecule has 0 atom stereocenters. The molecule has 3 rings (SSSR count). The molecule has 0 unspecified atom stereocenters. The van der Waals surface area contributed by atoms with Crippen molar-refractivity contribution >= 4 is 23.2 Å². The van der Waals surface area contributed by atoms with Crippen LogP contribution < -0.4 is 4.74 Å².